The van der Waals surface area contributed by atoms with Crippen molar-refractivity contribution in [3.8, 4) is 11.3 Å². The lowest BCUT2D eigenvalue weighted by molar-refractivity contribution is -0.155. The standard InChI is InChI=1S/C44H58N6O7S/c1-24-25(2)37(24)41(51)46-34-19-36-47-39(27(4)58-36)28-12-13-35-31(18-28)32(20-44(5,6)23-57-43(53)33-11-9-15-50(48-33)42(34)52)40(49(35)16-17-56-29-21-55-22-29)30-10-8-14-45-38(30)26(3)54-7/h8,10,12-14,18,24-27,29,33-34,37,39,48H,9,11,15-17,19-23H2,1-7H3,(H,46,51)/t24-,25+,26-,27?,33-,34-,37+,39?/m0/s1. The molecule has 5 aliphatic rings. The number of carbonyl (C=O) groups is 3. The van der Waals surface area contributed by atoms with Gasteiger partial charge in [0.25, 0.3) is 5.91 Å². The van der Waals surface area contributed by atoms with Crippen LogP contribution in [-0.2, 0) is 46.3 Å². The van der Waals surface area contributed by atoms with Crippen molar-refractivity contribution in [1.29, 1.82) is 0 Å². The molecule has 2 saturated heterocycles. The number of nitrogens with one attached hydrogen (secondary N) is 2. The highest BCUT2D eigenvalue weighted by atomic mass is 32.2. The summed E-state index contributed by atoms with van der Waals surface area (Å²) < 4.78 is 26.0. The fourth-order valence-electron chi connectivity index (χ4n) is 9.02. The number of ether oxygens (including phenoxy) is 4. The van der Waals surface area contributed by atoms with Crippen LogP contribution in [0, 0.1) is 23.2 Å². The molecule has 13 nitrogen and oxygen atoms in total. The molecule has 3 aromatic rings. The second kappa shape index (κ2) is 16.7. The van der Waals surface area contributed by atoms with Gasteiger partial charge in [0.2, 0.25) is 5.91 Å². The van der Waals surface area contributed by atoms with Crippen molar-refractivity contribution < 1.29 is 33.3 Å². The molecule has 8 atom stereocenters. The molecule has 1 saturated carbocycles. The van der Waals surface area contributed by atoms with E-state index in [1.807, 2.05) is 19.2 Å². The minimum atomic E-state index is -0.827. The average molecular weight is 815 g/mol. The van der Waals surface area contributed by atoms with E-state index in [-0.39, 0.29) is 66.1 Å². The number of thioether (sulfide) groups is 1. The number of hydrazine groups is 1. The van der Waals surface area contributed by atoms with E-state index in [4.69, 9.17) is 28.9 Å². The lowest BCUT2D eigenvalue weighted by Crippen LogP contribution is -2.60. The van der Waals surface area contributed by atoms with Gasteiger partial charge < -0.3 is 28.8 Å². The summed E-state index contributed by atoms with van der Waals surface area (Å²) in [5.41, 5.74) is 8.83. The third kappa shape index (κ3) is 8.19. The fourth-order valence-corrected chi connectivity index (χ4v) is 10.2. The van der Waals surface area contributed by atoms with Crippen molar-refractivity contribution in [2.45, 2.75) is 109 Å². The van der Waals surface area contributed by atoms with Gasteiger partial charge in [-0.1, -0.05) is 40.7 Å². The van der Waals surface area contributed by atoms with Crippen LogP contribution < -0.4 is 10.7 Å². The van der Waals surface area contributed by atoms with Gasteiger partial charge in [-0.25, -0.2) is 5.43 Å². The monoisotopic (exact) mass is 814 g/mol. The van der Waals surface area contributed by atoms with Crippen LogP contribution in [0.25, 0.3) is 22.2 Å². The lowest BCUT2D eigenvalue weighted by atomic mass is 9.84. The van der Waals surface area contributed by atoms with Crippen LogP contribution in [0.4, 0.5) is 0 Å². The average Bonchev–Trinajstić information content (AvgIpc) is 3.47. The third-order valence-corrected chi connectivity index (χ3v) is 14.0. The zero-order valence-corrected chi connectivity index (χ0v) is 35.6. The van der Waals surface area contributed by atoms with Crippen molar-refractivity contribution in [1.82, 2.24) is 25.3 Å². The number of methoxy groups -OCH3 is 1. The second-order valence-corrected chi connectivity index (χ2v) is 19.1. The van der Waals surface area contributed by atoms with Crippen molar-refractivity contribution in [2.24, 2.45) is 28.2 Å². The summed E-state index contributed by atoms with van der Waals surface area (Å²) in [6, 6.07) is 9.06. The first kappa shape index (κ1) is 40.9. The number of pyridine rings is 1. The maximum atomic E-state index is 14.3. The summed E-state index contributed by atoms with van der Waals surface area (Å²) in [4.78, 5) is 51.7. The minimum Gasteiger partial charge on any atom is -0.464 e. The van der Waals surface area contributed by atoms with E-state index >= 15 is 0 Å². The van der Waals surface area contributed by atoms with E-state index in [2.05, 4.69) is 74.2 Å². The second-order valence-electron chi connectivity index (χ2n) is 17.7. The van der Waals surface area contributed by atoms with Gasteiger partial charge in [0.05, 0.1) is 55.0 Å². The van der Waals surface area contributed by atoms with E-state index in [1.54, 1.807) is 18.9 Å². The summed E-state index contributed by atoms with van der Waals surface area (Å²) in [7, 11) is 1.70. The van der Waals surface area contributed by atoms with Crippen molar-refractivity contribution in [3.63, 3.8) is 0 Å². The number of nitrogens with zero attached hydrogens (tertiary/aromatic N) is 4. The molecule has 6 heterocycles. The highest BCUT2D eigenvalue weighted by Gasteiger charge is 2.49. The number of amides is 2. The number of carbonyl (C=O) groups excluding carboxylic acids is 3. The van der Waals surface area contributed by atoms with Crippen molar-refractivity contribution in [2.75, 3.05) is 40.1 Å². The smallest absolute Gasteiger partial charge is 0.324 e. The van der Waals surface area contributed by atoms with Gasteiger partial charge in [-0.15, -0.1) is 11.8 Å². The number of rotatable bonds is 9. The Labute approximate surface area is 345 Å². The molecule has 8 rings (SSSR count). The first-order valence-electron chi connectivity index (χ1n) is 20.9. The zero-order chi connectivity index (χ0) is 40.9. The molecule has 2 N–H and O–H groups in total. The van der Waals surface area contributed by atoms with Crippen molar-refractivity contribution >= 4 is 45.5 Å². The van der Waals surface area contributed by atoms with Gasteiger partial charge in [-0.3, -0.25) is 29.4 Å². The number of aromatic nitrogens is 2. The van der Waals surface area contributed by atoms with Crippen LogP contribution in [0.5, 0.6) is 0 Å². The van der Waals surface area contributed by atoms with Crippen LogP contribution in [0.15, 0.2) is 41.5 Å². The summed E-state index contributed by atoms with van der Waals surface area (Å²) in [6.07, 6.45) is 3.67. The Kier molecular flexibility index (Phi) is 11.8. The van der Waals surface area contributed by atoms with E-state index < -0.39 is 23.5 Å². The Morgan fingerprint density at radius 3 is 2.67 bits per heavy atom. The molecule has 58 heavy (non-hydrogen) atoms. The van der Waals surface area contributed by atoms with Gasteiger partial charge in [0.15, 0.2) is 0 Å². The van der Waals surface area contributed by atoms with Gasteiger partial charge in [-0.2, -0.15) is 0 Å². The number of hydrogen-bond acceptors (Lipinski definition) is 11. The number of benzene rings is 1. The summed E-state index contributed by atoms with van der Waals surface area (Å²) in [5, 5.41) is 6.64. The van der Waals surface area contributed by atoms with Gasteiger partial charge >= 0.3 is 5.97 Å². The normalized spacial score (nSPS) is 29.3. The van der Waals surface area contributed by atoms with Crippen molar-refractivity contribution in [3.05, 3.63) is 53.3 Å². The lowest BCUT2D eigenvalue weighted by Gasteiger charge is -2.35. The van der Waals surface area contributed by atoms with Crippen LogP contribution >= 0.6 is 11.8 Å². The molecule has 312 valence electrons. The molecule has 2 unspecified atom stereocenters. The maximum Gasteiger partial charge on any atom is 0.324 e. The van der Waals surface area contributed by atoms with Crippen LogP contribution in [0.1, 0.15) is 89.8 Å². The molecule has 1 aliphatic carbocycles. The van der Waals surface area contributed by atoms with E-state index in [0.29, 0.717) is 52.2 Å². The predicted octanol–water partition coefficient (Wildman–Crippen LogP) is 5.80. The Morgan fingerprint density at radius 1 is 1.16 bits per heavy atom. The molecule has 4 aliphatic heterocycles. The quantitative estimate of drug-likeness (QED) is 0.255. The summed E-state index contributed by atoms with van der Waals surface area (Å²) in [5.74, 6) is -0.360. The number of hydrogen-bond donors (Lipinski definition) is 2. The molecular formula is C44H58N6O7S. The summed E-state index contributed by atoms with van der Waals surface area (Å²) in [6.45, 7) is 15.5. The topological polar surface area (TPSA) is 146 Å². The molecule has 3 fully saturated rings. The Bertz CT molecular complexity index is 2070. The molecule has 2 amide bonds. The maximum absolute atomic E-state index is 14.3. The van der Waals surface area contributed by atoms with Crippen LogP contribution in [-0.4, -0.2) is 101 Å². The number of cyclic esters (lactones) is 1. The largest absolute Gasteiger partial charge is 0.464 e. The summed E-state index contributed by atoms with van der Waals surface area (Å²) >= 11 is 1.66. The molecule has 6 bridgehead atoms. The number of aliphatic imine (C=N–C) groups is 1. The molecule has 0 radical (unpaired) electrons. The fraction of sp³-hybridized carbons (Fsp3) is 0.614. The number of esters is 1. The molecule has 14 heteroatoms. The van der Waals surface area contributed by atoms with Gasteiger partial charge in [0.1, 0.15) is 18.2 Å². The molecule has 1 aromatic carbocycles. The highest BCUT2D eigenvalue weighted by molar-refractivity contribution is 8.14. The molecular weight excluding hydrogens is 757 g/mol. The van der Waals surface area contributed by atoms with Crippen LogP contribution in [0.2, 0.25) is 0 Å². The Balaban J connectivity index is 1.24. The van der Waals surface area contributed by atoms with Gasteiger partial charge in [-0.05, 0) is 73.4 Å². The third-order valence-electron chi connectivity index (χ3n) is 12.8. The molecule has 2 aromatic heterocycles. The SMILES string of the molecule is CO[C@@H](C)c1ncccc1-c1c2c3cc(ccc3n1CCOC1COC1)C1N=C(C[C@H](NC(=O)[C@H]3[C@H](C)[C@@H]3C)C(=O)N3CCC[C@H](N3)C(=O)OCC(C)(C)C2)SC1C. The van der Waals surface area contributed by atoms with Crippen LogP contribution in [0.3, 0.4) is 0 Å². The first-order chi connectivity index (χ1) is 27.8. The Hall–Kier alpha value is -3.82. The van der Waals surface area contributed by atoms with Gasteiger partial charge in [0, 0.05) is 65.9 Å². The highest BCUT2D eigenvalue weighted by Crippen LogP contribution is 2.46. The zero-order valence-electron chi connectivity index (χ0n) is 34.8. The predicted molar refractivity (Wildman–Crippen MR) is 223 cm³/mol. The minimum absolute atomic E-state index is 0.0895. The Morgan fingerprint density at radius 2 is 1.95 bits per heavy atom. The van der Waals surface area contributed by atoms with E-state index in [9.17, 15) is 14.4 Å². The van der Waals surface area contributed by atoms with E-state index in [1.165, 1.54) is 5.01 Å². The molecule has 0 spiro atoms. The first-order valence-corrected chi connectivity index (χ1v) is 21.8. The van der Waals surface area contributed by atoms with E-state index in [0.717, 1.165) is 44.0 Å². The number of fused-ring (bicyclic) bond motifs is 5.